The second-order valence-electron chi connectivity index (χ2n) is 9.62. The fourth-order valence-corrected chi connectivity index (χ4v) is 5.02. The van der Waals surface area contributed by atoms with Gasteiger partial charge in [0.15, 0.2) is 5.69 Å². The summed E-state index contributed by atoms with van der Waals surface area (Å²) >= 11 is 0. The van der Waals surface area contributed by atoms with Gasteiger partial charge in [-0.2, -0.15) is 5.10 Å². The number of carbonyl (C=O) groups excluding carboxylic acids is 2. The van der Waals surface area contributed by atoms with Crippen molar-refractivity contribution in [2.24, 2.45) is 13.0 Å². The summed E-state index contributed by atoms with van der Waals surface area (Å²) in [5, 5.41) is 5.48. The van der Waals surface area contributed by atoms with Crippen molar-refractivity contribution >= 4 is 22.7 Å². The molecule has 0 radical (unpaired) electrons. The first kappa shape index (κ1) is 21.7. The molecule has 6 nitrogen and oxygen atoms in total. The van der Waals surface area contributed by atoms with Gasteiger partial charge in [-0.3, -0.25) is 14.3 Å². The summed E-state index contributed by atoms with van der Waals surface area (Å²) in [4.78, 5) is 29.0. The summed E-state index contributed by atoms with van der Waals surface area (Å²) in [6, 6.07) is 17.0. The van der Waals surface area contributed by atoms with Gasteiger partial charge < -0.3 is 9.80 Å². The molecule has 2 aliphatic rings. The number of hydrogen-bond acceptors (Lipinski definition) is 3. The standard InChI is InChI=1S/C27H32N4O2/c1-19(32)30-15-13-21(14-16-30)17-20-7-9-22(10-8-20)18-31(23-11-12-23)27(33)26-24-5-3-4-6-25(24)29(2)28-26/h3-10,21,23H,11-18H2,1-2H3. The Hall–Kier alpha value is -3.15. The molecule has 2 heterocycles. The average molecular weight is 445 g/mol. The van der Waals surface area contributed by atoms with Crippen molar-refractivity contribution in [2.75, 3.05) is 13.1 Å². The smallest absolute Gasteiger partial charge is 0.275 e. The molecule has 5 rings (SSSR count). The van der Waals surface area contributed by atoms with Crippen LogP contribution >= 0.6 is 0 Å². The second-order valence-corrected chi connectivity index (χ2v) is 9.62. The van der Waals surface area contributed by atoms with E-state index in [0.717, 1.165) is 61.7 Å². The van der Waals surface area contributed by atoms with Crippen LogP contribution in [0.25, 0.3) is 10.9 Å². The number of benzene rings is 2. The number of aryl methyl sites for hydroxylation is 1. The van der Waals surface area contributed by atoms with Crippen LogP contribution in [0.1, 0.15) is 54.2 Å². The summed E-state index contributed by atoms with van der Waals surface area (Å²) in [5.74, 6) is 0.843. The molecule has 2 amide bonds. The number of amides is 2. The minimum absolute atomic E-state index is 0.0237. The van der Waals surface area contributed by atoms with Crippen LogP contribution < -0.4 is 0 Å². The van der Waals surface area contributed by atoms with Crippen molar-refractivity contribution < 1.29 is 9.59 Å². The molecule has 3 aromatic rings. The Morgan fingerprint density at radius 1 is 0.970 bits per heavy atom. The molecule has 6 heteroatoms. The van der Waals surface area contributed by atoms with Gasteiger partial charge in [0.05, 0.1) is 5.52 Å². The van der Waals surface area contributed by atoms with E-state index in [0.29, 0.717) is 24.2 Å². The minimum atomic E-state index is 0.0237. The van der Waals surface area contributed by atoms with Gasteiger partial charge in [-0.15, -0.1) is 0 Å². The van der Waals surface area contributed by atoms with E-state index in [4.69, 9.17) is 0 Å². The first-order valence-corrected chi connectivity index (χ1v) is 12.1. The molecule has 2 aromatic carbocycles. The number of carbonyl (C=O) groups is 2. The molecule has 1 aromatic heterocycles. The zero-order valence-corrected chi connectivity index (χ0v) is 19.5. The Morgan fingerprint density at radius 2 is 1.64 bits per heavy atom. The van der Waals surface area contributed by atoms with E-state index in [1.807, 2.05) is 41.1 Å². The molecule has 33 heavy (non-hydrogen) atoms. The van der Waals surface area contributed by atoms with Crippen molar-refractivity contribution in [3.05, 3.63) is 65.4 Å². The summed E-state index contributed by atoms with van der Waals surface area (Å²) in [6.45, 7) is 4.02. The van der Waals surface area contributed by atoms with Gasteiger partial charge in [-0.25, -0.2) is 0 Å². The molecule has 2 fully saturated rings. The van der Waals surface area contributed by atoms with Crippen molar-refractivity contribution in [1.82, 2.24) is 19.6 Å². The van der Waals surface area contributed by atoms with Crippen LogP contribution in [0.4, 0.5) is 0 Å². The van der Waals surface area contributed by atoms with E-state index in [-0.39, 0.29) is 11.8 Å². The molecule has 0 spiro atoms. The molecule has 1 saturated heterocycles. The van der Waals surface area contributed by atoms with Crippen LogP contribution in [-0.4, -0.2) is 50.5 Å². The van der Waals surface area contributed by atoms with Gasteiger partial charge in [0.25, 0.3) is 5.91 Å². The Bertz CT molecular complexity index is 1150. The Morgan fingerprint density at radius 3 is 2.30 bits per heavy atom. The maximum Gasteiger partial charge on any atom is 0.275 e. The van der Waals surface area contributed by atoms with Crippen molar-refractivity contribution in [3.63, 3.8) is 0 Å². The molecular formula is C27H32N4O2. The highest BCUT2D eigenvalue weighted by Crippen LogP contribution is 2.31. The maximum atomic E-state index is 13.5. The van der Waals surface area contributed by atoms with E-state index in [1.54, 1.807) is 11.6 Å². The van der Waals surface area contributed by atoms with Crippen LogP contribution in [-0.2, 0) is 24.8 Å². The molecule has 1 saturated carbocycles. The molecule has 1 aliphatic carbocycles. The molecule has 0 unspecified atom stereocenters. The Labute approximate surface area is 195 Å². The summed E-state index contributed by atoms with van der Waals surface area (Å²) in [6.07, 6.45) is 5.32. The second kappa shape index (κ2) is 9.00. The third-order valence-corrected chi connectivity index (χ3v) is 7.17. The normalized spacial score (nSPS) is 16.8. The third kappa shape index (κ3) is 4.65. The molecule has 0 N–H and O–H groups in total. The van der Waals surface area contributed by atoms with E-state index in [1.165, 1.54) is 5.56 Å². The van der Waals surface area contributed by atoms with Crippen molar-refractivity contribution in [3.8, 4) is 0 Å². The van der Waals surface area contributed by atoms with Crippen LogP contribution in [0.5, 0.6) is 0 Å². The monoisotopic (exact) mass is 444 g/mol. The lowest BCUT2D eigenvalue weighted by Gasteiger charge is -2.31. The minimum Gasteiger partial charge on any atom is -0.343 e. The van der Waals surface area contributed by atoms with Crippen LogP contribution in [0.3, 0.4) is 0 Å². The van der Waals surface area contributed by atoms with Crippen LogP contribution in [0, 0.1) is 5.92 Å². The number of aromatic nitrogens is 2. The quantitative estimate of drug-likeness (QED) is 0.573. The third-order valence-electron chi connectivity index (χ3n) is 7.17. The number of nitrogens with zero attached hydrogens (tertiary/aromatic N) is 4. The largest absolute Gasteiger partial charge is 0.343 e. The van der Waals surface area contributed by atoms with Crippen molar-refractivity contribution in [2.45, 2.75) is 51.6 Å². The number of rotatable bonds is 6. The van der Waals surface area contributed by atoms with Gasteiger partial charge >= 0.3 is 0 Å². The topological polar surface area (TPSA) is 58.4 Å². The van der Waals surface area contributed by atoms with Crippen molar-refractivity contribution in [1.29, 1.82) is 0 Å². The molecule has 1 aliphatic heterocycles. The van der Waals surface area contributed by atoms with Gasteiger partial charge in [-0.1, -0.05) is 42.5 Å². The van der Waals surface area contributed by atoms with Gasteiger partial charge in [-0.05, 0) is 55.2 Å². The van der Waals surface area contributed by atoms with Gasteiger partial charge in [0.2, 0.25) is 5.91 Å². The van der Waals surface area contributed by atoms with E-state index < -0.39 is 0 Å². The SMILES string of the molecule is CC(=O)N1CCC(Cc2ccc(CN(C(=O)c3nn(C)c4ccccc34)C3CC3)cc2)CC1. The van der Waals surface area contributed by atoms with E-state index >= 15 is 0 Å². The lowest BCUT2D eigenvalue weighted by atomic mass is 9.90. The molecular weight excluding hydrogens is 412 g/mol. The first-order chi connectivity index (χ1) is 16.0. The highest BCUT2D eigenvalue weighted by Gasteiger charge is 2.35. The maximum absolute atomic E-state index is 13.5. The Kier molecular flexibility index (Phi) is 5.92. The number of hydrogen-bond donors (Lipinski definition) is 0. The van der Waals surface area contributed by atoms with E-state index in [2.05, 4.69) is 29.4 Å². The van der Waals surface area contributed by atoms with Crippen LogP contribution in [0.15, 0.2) is 48.5 Å². The number of piperidine rings is 1. The van der Waals surface area contributed by atoms with Gasteiger partial charge in [0, 0.05) is 45.0 Å². The lowest BCUT2D eigenvalue weighted by Crippen LogP contribution is -2.37. The summed E-state index contributed by atoms with van der Waals surface area (Å²) < 4.78 is 1.79. The highest BCUT2D eigenvalue weighted by molar-refractivity contribution is 6.05. The zero-order chi connectivity index (χ0) is 22.9. The summed E-state index contributed by atoms with van der Waals surface area (Å²) in [7, 11) is 1.89. The lowest BCUT2D eigenvalue weighted by molar-refractivity contribution is -0.130. The average Bonchev–Trinajstić information content (AvgIpc) is 3.62. The highest BCUT2D eigenvalue weighted by atomic mass is 16.2. The number of fused-ring (bicyclic) bond motifs is 1. The van der Waals surface area contributed by atoms with Gasteiger partial charge in [0.1, 0.15) is 0 Å². The fourth-order valence-electron chi connectivity index (χ4n) is 5.02. The summed E-state index contributed by atoms with van der Waals surface area (Å²) in [5.41, 5.74) is 4.02. The number of para-hydroxylation sites is 1. The molecule has 0 atom stereocenters. The number of likely N-dealkylation sites (tertiary alicyclic amines) is 1. The first-order valence-electron chi connectivity index (χ1n) is 12.1. The molecule has 172 valence electrons. The fraction of sp³-hybridized carbons (Fsp3) is 0.444. The Balaban J connectivity index is 1.26. The predicted octanol–water partition coefficient (Wildman–Crippen LogP) is 4.18. The van der Waals surface area contributed by atoms with Crippen LogP contribution in [0.2, 0.25) is 0 Å². The zero-order valence-electron chi connectivity index (χ0n) is 19.5. The molecule has 0 bridgehead atoms. The predicted molar refractivity (Wildman–Crippen MR) is 129 cm³/mol. The van der Waals surface area contributed by atoms with E-state index in [9.17, 15) is 9.59 Å².